The summed E-state index contributed by atoms with van der Waals surface area (Å²) in [5.74, 6) is -4.11. The number of methoxy groups -OCH3 is 1. The predicted molar refractivity (Wildman–Crippen MR) is 136 cm³/mol. The molecule has 0 unspecified atom stereocenters. The van der Waals surface area contributed by atoms with E-state index in [0.29, 0.717) is 17.4 Å². The van der Waals surface area contributed by atoms with Crippen molar-refractivity contribution in [1.82, 2.24) is 15.1 Å². The molecule has 7 nitrogen and oxygen atoms in total. The number of hydrogen-bond donors (Lipinski definition) is 2. The topological polar surface area (TPSA) is 75.7 Å². The molecule has 1 amide bonds. The number of amides is 1. The first-order chi connectivity index (χ1) is 19.3. The number of halogens is 7. The Bertz CT molecular complexity index is 1390. The molecule has 0 spiro atoms. The van der Waals surface area contributed by atoms with E-state index in [4.69, 9.17) is 12.7 Å². The zero-order valence-electron chi connectivity index (χ0n) is 21.6. The van der Waals surface area contributed by atoms with Crippen molar-refractivity contribution in [1.29, 1.82) is 0 Å². The molecule has 1 aromatic heterocycles. The van der Waals surface area contributed by atoms with Crippen LogP contribution in [-0.4, -0.2) is 62.5 Å². The third kappa shape index (κ3) is 7.51. The summed E-state index contributed by atoms with van der Waals surface area (Å²) < 4.78 is 105. The zero-order valence-corrected chi connectivity index (χ0v) is 21.6. The molecule has 0 saturated carbocycles. The van der Waals surface area contributed by atoms with Gasteiger partial charge in [-0.1, -0.05) is 12.1 Å². The number of alkyl halides is 7. The number of aromatic nitrogens is 1. The van der Waals surface area contributed by atoms with Crippen molar-refractivity contribution in [3.63, 3.8) is 0 Å². The van der Waals surface area contributed by atoms with Gasteiger partial charge >= 0.3 is 12.8 Å². The summed E-state index contributed by atoms with van der Waals surface area (Å²) in [7, 11) is 7.26. The van der Waals surface area contributed by atoms with E-state index in [1.807, 2.05) is 0 Å². The van der Waals surface area contributed by atoms with E-state index in [0.717, 1.165) is 12.1 Å². The summed E-state index contributed by atoms with van der Waals surface area (Å²) in [5.41, 5.74) is -1.93. The summed E-state index contributed by atoms with van der Waals surface area (Å²) in [6.45, 7) is -3.76. The maximum Gasteiger partial charge on any atom is 0.418 e. The lowest BCUT2D eigenvalue weighted by Gasteiger charge is -2.37. The number of nitrogens with one attached hydrogen (secondary N) is 2. The van der Waals surface area contributed by atoms with Crippen molar-refractivity contribution in [2.45, 2.75) is 44.1 Å². The molecule has 0 bridgehead atoms. The Morgan fingerprint density at radius 3 is 2.51 bits per heavy atom. The zero-order chi connectivity index (χ0) is 29.9. The Morgan fingerprint density at radius 1 is 1.17 bits per heavy atom. The lowest BCUT2D eigenvalue weighted by atomic mass is 9.95. The second-order valence-corrected chi connectivity index (χ2v) is 9.41. The highest BCUT2D eigenvalue weighted by Gasteiger charge is 2.39. The van der Waals surface area contributed by atoms with Crippen LogP contribution in [-0.2, 0) is 12.7 Å². The van der Waals surface area contributed by atoms with E-state index in [1.165, 1.54) is 11.9 Å². The summed E-state index contributed by atoms with van der Waals surface area (Å²) in [5, 5.41) is 5.09. The molecular formula is C26H24BF7N4O3. The van der Waals surface area contributed by atoms with Crippen molar-refractivity contribution < 1.29 is 45.0 Å². The van der Waals surface area contributed by atoms with E-state index < -0.39 is 66.0 Å². The van der Waals surface area contributed by atoms with Crippen molar-refractivity contribution in [2.75, 3.05) is 25.5 Å². The summed E-state index contributed by atoms with van der Waals surface area (Å²) in [6, 6.07) is 8.24. The van der Waals surface area contributed by atoms with Crippen molar-refractivity contribution in [3.8, 4) is 11.5 Å². The molecule has 2 N–H and O–H groups in total. The largest absolute Gasteiger partial charge is 0.497 e. The number of fused-ring (bicyclic) bond motifs is 1. The number of nitrogens with zero attached hydrogens (tertiary/aromatic N) is 2. The van der Waals surface area contributed by atoms with Crippen LogP contribution in [0.25, 0.3) is 10.9 Å². The van der Waals surface area contributed by atoms with E-state index in [-0.39, 0.29) is 30.7 Å². The van der Waals surface area contributed by atoms with Crippen molar-refractivity contribution >= 4 is 30.5 Å². The maximum absolute atomic E-state index is 14.0. The molecule has 3 aromatic rings. The highest BCUT2D eigenvalue weighted by Crippen LogP contribution is 2.40. The van der Waals surface area contributed by atoms with E-state index >= 15 is 0 Å². The molecule has 4 rings (SSSR count). The number of piperidine rings is 1. The minimum absolute atomic E-state index is 0.0363. The molecule has 15 heteroatoms. The molecular weight excluding hydrogens is 560 g/mol. The first-order valence-corrected chi connectivity index (χ1v) is 12.3. The third-order valence-electron chi connectivity index (χ3n) is 6.53. The number of carbonyl (C=O) groups excluding carboxylic acids is 1. The molecule has 0 aliphatic carbocycles. The van der Waals surface area contributed by atoms with Gasteiger partial charge in [0.1, 0.15) is 17.2 Å². The van der Waals surface area contributed by atoms with Crippen LogP contribution in [0.4, 0.5) is 36.4 Å². The molecule has 2 radical (unpaired) electrons. The second-order valence-electron chi connectivity index (χ2n) is 9.41. The van der Waals surface area contributed by atoms with Gasteiger partial charge in [-0.15, -0.1) is 0 Å². The maximum atomic E-state index is 14.0. The smallest absolute Gasteiger partial charge is 0.418 e. The van der Waals surface area contributed by atoms with Crippen molar-refractivity contribution in [2.24, 2.45) is 0 Å². The van der Waals surface area contributed by atoms with E-state index in [2.05, 4.69) is 20.4 Å². The number of ether oxygens (including phenoxy) is 2. The average Bonchev–Trinajstić information content (AvgIpc) is 2.91. The Labute approximate surface area is 231 Å². The van der Waals surface area contributed by atoms with Gasteiger partial charge in [-0.05, 0) is 42.4 Å². The number of benzene rings is 2. The van der Waals surface area contributed by atoms with Gasteiger partial charge < -0.3 is 24.9 Å². The quantitative estimate of drug-likeness (QED) is 0.260. The molecule has 2 heterocycles. The molecule has 1 aliphatic heterocycles. The number of pyridine rings is 1. The first kappa shape index (κ1) is 30.2. The van der Waals surface area contributed by atoms with Crippen LogP contribution in [0.15, 0.2) is 42.5 Å². The number of rotatable bonds is 9. The number of anilines is 1. The van der Waals surface area contributed by atoms with Gasteiger partial charge in [0.15, 0.2) is 7.98 Å². The van der Waals surface area contributed by atoms with Gasteiger partial charge in [-0.2, -0.15) is 22.0 Å². The molecule has 1 atom stereocenters. The fourth-order valence-electron chi connectivity index (χ4n) is 4.42. The van der Waals surface area contributed by atoms with Gasteiger partial charge in [0, 0.05) is 43.0 Å². The first-order valence-electron chi connectivity index (χ1n) is 12.3. The molecule has 41 heavy (non-hydrogen) atoms. The normalized spacial score (nSPS) is 17.4. The molecule has 218 valence electrons. The van der Waals surface area contributed by atoms with Gasteiger partial charge in [-0.25, -0.2) is 13.8 Å². The predicted octanol–water partition coefficient (Wildman–Crippen LogP) is 5.39. The lowest BCUT2D eigenvalue weighted by molar-refractivity contribution is -0.136. The van der Waals surface area contributed by atoms with Gasteiger partial charge in [0.25, 0.3) is 11.8 Å². The molecule has 2 aromatic carbocycles. The van der Waals surface area contributed by atoms with Crippen LogP contribution in [0, 0.1) is 0 Å². The van der Waals surface area contributed by atoms with Gasteiger partial charge in [0.2, 0.25) is 0 Å². The fourth-order valence-corrected chi connectivity index (χ4v) is 4.42. The Hall–Kier alpha value is -3.75. The standard InChI is InChI=1S/C26H24BF7N4O3/c1-40-16-4-2-14(3-5-16)12-35-20-10-21(23(39)36-13-15-11-25(30,31)6-7-38(15)27)37-22-18(20)8-17(41-24(28)29)9-19(22)26(32,33)34/h2-5,8-10,15,24H,6-7,11-13H2,1H3,(H,35,37)(H,36,39)/t15-/m1/s1. The molecule has 1 aliphatic rings. The van der Waals surface area contributed by atoms with Crippen LogP contribution in [0.2, 0.25) is 0 Å². The third-order valence-corrected chi connectivity index (χ3v) is 6.53. The minimum Gasteiger partial charge on any atom is -0.497 e. The summed E-state index contributed by atoms with van der Waals surface area (Å²) in [6.07, 6.45) is -6.11. The average molecular weight is 584 g/mol. The number of carbonyl (C=O) groups is 1. The van der Waals surface area contributed by atoms with Crippen molar-refractivity contribution in [3.05, 3.63) is 59.3 Å². The van der Waals surface area contributed by atoms with Gasteiger partial charge in [0.05, 0.1) is 18.2 Å². The Morgan fingerprint density at radius 2 is 1.88 bits per heavy atom. The van der Waals surface area contributed by atoms with Gasteiger partial charge in [-0.3, -0.25) is 4.79 Å². The van der Waals surface area contributed by atoms with Crippen LogP contribution in [0.1, 0.15) is 34.5 Å². The highest BCUT2D eigenvalue weighted by molar-refractivity contribution is 6.05. The monoisotopic (exact) mass is 584 g/mol. The van der Waals surface area contributed by atoms with Crippen LogP contribution in [0.3, 0.4) is 0 Å². The molecule has 1 saturated heterocycles. The fraction of sp³-hybridized carbons (Fsp3) is 0.385. The van der Waals surface area contributed by atoms with E-state index in [9.17, 15) is 35.5 Å². The summed E-state index contributed by atoms with van der Waals surface area (Å²) >= 11 is 0. The Balaban J connectivity index is 1.72. The number of hydrogen-bond acceptors (Lipinski definition) is 6. The Kier molecular flexibility index (Phi) is 8.85. The minimum atomic E-state index is -5.05. The van der Waals surface area contributed by atoms with Crippen LogP contribution in [0.5, 0.6) is 11.5 Å². The highest BCUT2D eigenvalue weighted by atomic mass is 19.4. The summed E-state index contributed by atoms with van der Waals surface area (Å²) in [4.78, 5) is 18.1. The second kappa shape index (κ2) is 12.0. The van der Waals surface area contributed by atoms with E-state index in [1.54, 1.807) is 24.3 Å². The van der Waals surface area contributed by atoms with Crippen LogP contribution >= 0.6 is 0 Å². The molecule has 1 fully saturated rings. The van der Waals surface area contributed by atoms with Crippen LogP contribution < -0.4 is 20.1 Å². The lowest BCUT2D eigenvalue weighted by Crippen LogP contribution is -2.50. The SMILES string of the molecule is [B]N1CCC(F)(F)C[C@@H]1CNC(=O)c1cc(NCc2ccc(OC)cc2)c2cc(OC(F)F)cc(C(F)(F)F)c2n1.